The molecule has 1 fully saturated rings. The van der Waals surface area contributed by atoms with Crippen molar-refractivity contribution < 1.29 is 4.74 Å². The average Bonchev–Trinajstić information content (AvgIpc) is 2.69. The Hall–Kier alpha value is 0.1000. The molecule has 2 nitrogen and oxygen atoms in total. The molecular formula is C11H13Br2NO. The molecule has 82 valence electrons. The van der Waals surface area contributed by atoms with Gasteiger partial charge in [-0.25, -0.2) is 0 Å². The molecule has 1 aromatic rings. The Balaban J connectivity index is 2.20. The minimum Gasteiger partial charge on any atom is -0.381 e. The summed E-state index contributed by atoms with van der Waals surface area (Å²) >= 11 is 6.98. The second-order valence-corrected chi connectivity index (χ2v) is 5.59. The molecule has 0 aliphatic carbocycles. The average molecular weight is 335 g/mol. The number of halogens is 2. The smallest absolute Gasteiger partial charge is 0.0513 e. The second-order valence-electron chi connectivity index (χ2n) is 3.82. The molecule has 1 aliphatic rings. The number of nitrogens with two attached hydrogens (primary N) is 1. The molecule has 0 amide bonds. The van der Waals surface area contributed by atoms with Crippen molar-refractivity contribution in [2.45, 2.75) is 12.5 Å². The van der Waals surface area contributed by atoms with Crippen molar-refractivity contribution >= 4 is 31.9 Å². The van der Waals surface area contributed by atoms with Gasteiger partial charge in [-0.05, 0) is 24.1 Å². The highest BCUT2D eigenvalue weighted by Crippen LogP contribution is 2.32. The fraction of sp³-hybridized carbons (Fsp3) is 0.455. The molecule has 0 bridgehead atoms. The fourth-order valence-electron chi connectivity index (χ4n) is 1.86. The third kappa shape index (κ3) is 2.61. The quantitative estimate of drug-likeness (QED) is 0.901. The van der Waals surface area contributed by atoms with Crippen molar-refractivity contribution in [2.75, 3.05) is 13.2 Å². The second kappa shape index (κ2) is 4.95. The first-order chi connectivity index (χ1) is 7.18. The summed E-state index contributed by atoms with van der Waals surface area (Å²) in [4.78, 5) is 0. The zero-order valence-electron chi connectivity index (χ0n) is 8.25. The van der Waals surface area contributed by atoms with E-state index in [9.17, 15) is 0 Å². The Morgan fingerprint density at radius 2 is 2.20 bits per heavy atom. The molecule has 0 spiro atoms. The molecule has 2 rings (SSSR count). The van der Waals surface area contributed by atoms with Crippen LogP contribution in [0.5, 0.6) is 0 Å². The van der Waals surface area contributed by atoms with E-state index in [1.165, 1.54) is 0 Å². The minimum absolute atomic E-state index is 0.0648. The van der Waals surface area contributed by atoms with Gasteiger partial charge in [-0.15, -0.1) is 0 Å². The van der Waals surface area contributed by atoms with Crippen molar-refractivity contribution in [2.24, 2.45) is 11.7 Å². The van der Waals surface area contributed by atoms with E-state index in [1.54, 1.807) is 0 Å². The zero-order chi connectivity index (χ0) is 10.8. The van der Waals surface area contributed by atoms with E-state index in [1.807, 2.05) is 12.1 Å². The Labute approximate surface area is 106 Å². The Bertz CT molecular complexity index is 350. The summed E-state index contributed by atoms with van der Waals surface area (Å²) in [5, 5.41) is 0. The van der Waals surface area contributed by atoms with Gasteiger partial charge < -0.3 is 10.5 Å². The van der Waals surface area contributed by atoms with Gasteiger partial charge in [-0.3, -0.25) is 0 Å². The van der Waals surface area contributed by atoms with Gasteiger partial charge in [0.1, 0.15) is 0 Å². The van der Waals surface area contributed by atoms with Crippen LogP contribution < -0.4 is 5.73 Å². The van der Waals surface area contributed by atoms with E-state index in [0.717, 1.165) is 34.1 Å². The summed E-state index contributed by atoms with van der Waals surface area (Å²) in [5.74, 6) is 0.447. The normalized spacial score (nSPS) is 23.0. The van der Waals surface area contributed by atoms with Gasteiger partial charge in [-0.2, -0.15) is 0 Å². The summed E-state index contributed by atoms with van der Waals surface area (Å²) in [5.41, 5.74) is 7.39. The van der Waals surface area contributed by atoms with Crippen molar-refractivity contribution in [1.82, 2.24) is 0 Å². The van der Waals surface area contributed by atoms with Gasteiger partial charge in [0.25, 0.3) is 0 Å². The number of hydrogen-bond donors (Lipinski definition) is 1. The summed E-state index contributed by atoms with van der Waals surface area (Å²) < 4.78 is 7.49. The molecule has 1 heterocycles. The first-order valence-electron chi connectivity index (χ1n) is 4.97. The van der Waals surface area contributed by atoms with Crippen LogP contribution in [0.1, 0.15) is 18.0 Å². The lowest BCUT2D eigenvalue weighted by Crippen LogP contribution is -2.21. The molecule has 2 N–H and O–H groups in total. The summed E-state index contributed by atoms with van der Waals surface area (Å²) in [6, 6.07) is 6.19. The van der Waals surface area contributed by atoms with Crippen molar-refractivity contribution in [3.8, 4) is 0 Å². The van der Waals surface area contributed by atoms with Gasteiger partial charge in [0.05, 0.1) is 6.61 Å². The molecule has 2 unspecified atom stereocenters. The number of rotatable bonds is 2. The standard InChI is InChI=1S/C11H13Br2NO/c12-8-1-2-9(10(13)5-8)11(14)7-3-4-15-6-7/h1-2,5,7,11H,3-4,6,14H2. The number of hydrogen-bond acceptors (Lipinski definition) is 2. The molecule has 1 saturated heterocycles. The SMILES string of the molecule is NC(c1ccc(Br)cc1Br)C1CCOC1. The highest BCUT2D eigenvalue weighted by atomic mass is 79.9. The summed E-state index contributed by atoms with van der Waals surface area (Å²) in [7, 11) is 0. The summed E-state index contributed by atoms with van der Waals surface area (Å²) in [6.07, 6.45) is 1.06. The highest BCUT2D eigenvalue weighted by molar-refractivity contribution is 9.11. The highest BCUT2D eigenvalue weighted by Gasteiger charge is 2.25. The Morgan fingerprint density at radius 1 is 1.40 bits per heavy atom. The zero-order valence-corrected chi connectivity index (χ0v) is 11.4. The predicted octanol–water partition coefficient (Wildman–Crippen LogP) is 3.25. The molecule has 0 radical (unpaired) electrons. The predicted molar refractivity (Wildman–Crippen MR) is 67.7 cm³/mol. The maximum atomic E-state index is 6.23. The van der Waals surface area contributed by atoms with Crippen LogP contribution >= 0.6 is 31.9 Å². The van der Waals surface area contributed by atoms with Gasteiger partial charge in [-0.1, -0.05) is 37.9 Å². The monoisotopic (exact) mass is 333 g/mol. The van der Waals surface area contributed by atoms with Crippen LogP contribution in [-0.4, -0.2) is 13.2 Å². The van der Waals surface area contributed by atoms with Crippen molar-refractivity contribution in [3.63, 3.8) is 0 Å². The largest absolute Gasteiger partial charge is 0.381 e. The maximum absolute atomic E-state index is 6.23. The molecule has 2 atom stereocenters. The lowest BCUT2D eigenvalue weighted by Gasteiger charge is -2.19. The van der Waals surface area contributed by atoms with E-state index < -0.39 is 0 Å². The van der Waals surface area contributed by atoms with Crippen LogP contribution in [0.15, 0.2) is 27.1 Å². The Kier molecular flexibility index (Phi) is 3.83. The molecule has 15 heavy (non-hydrogen) atoms. The van der Waals surface area contributed by atoms with E-state index >= 15 is 0 Å². The van der Waals surface area contributed by atoms with Crippen molar-refractivity contribution in [1.29, 1.82) is 0 Å². The number of benzene rings is 1. The third-order valence-corrected chi connectivity index (χ3v) is 3.97. The van der Waals surface area contributed by atoms with E-state index in [2.05, 4.69) is 37.9 Å². The van der Waals surface area contributed by atoms with E-state index in [0.29, 0.717) is 5.92 Å². The number of ether oxygens (including phenoxy) is 1. The Morgan fingerprint density at radius 3 is 2.80 bits per heavy atom. The fourth-order valence-corrected chi connectivity index (χ4v) is 3.17. The third-order valence-electron chi connectivity index (χ3n) is 2.79. The van der Waals surface area contributed by atoms with Crippen LogP contribution in [0.2, 0.25) is 0 Å². The van der Waals surface area contributed by atoms with Crippen LogP contribution in [-0.2, 0) is 4.74 Å². The first-order valence-corrected chi connectivity index (χ1v) is 6.55. The maximum Gasteiger partial charge on any atom is 0.0513 e. The first kappa shape index (κ1) is 11.6. The van der Waals surface area contributed by atoms with E-state index in [-0.39, 0.29) is 6.04 Å². The summed E-state index contributed by atoms with van der Waals surface area (Å²) in [6.45, 7) is 1.62. The molecule has 0 aromatic heterocycles. The molecule has 4 heteroatoms. The lowest BCUT2D eigenvalue weighted by atomic mass is 9.93. The van der Waals surface area contributed by atoms with Crippen LogP contribution in [0.25, 0.3) is 0 Å². The van der Waals surface area contributed by atoms with E-state index in [4.69, 9.17) is 10.5 Å². The van der Waals surface area contributed by atoms with Crippen molar-refractivity contribution in [3.05, 3.63) is 32.7 Å². The van der Waals surface area contributed by atoms with Gasteiger partial charge >= 0.3 is 0 Å². The minimum atomic E-state index is 0.0648. The van der Waals surface area contributed by atoms with Gasteiger partial charge in [0.2, 0.25) is 0 Å². The van der Waals surface area contributed by atoms with Crippen LogP contribution in [0.3, 0.4) is 0 Å². The molecular weight excluding hydrogens is 322 g/mol. The molecule has 0 saturated carbocycles. The van der Waals surface area contributed by atoms with Crippen LogP contribution in [0, 0.1) is 5.92 Å². The van der Waals surface area contributed by atoms with Gasteiger partial charge in [0.15, 0.2) is 0 Å². The van der Waals surface area contributed by atoms with Crippen LogP contribution in [0.4, 0.5) is 0 Å². The lowest BCUT2D eigenvalue weighted by molar-refractivity contribution is 0.181. The topological polar surface area (TPSA) is 35.2 Å². The molecule has 1 aromatic carbocycles. The molecule has 1 aliphatic heterocycles. The van der Waals surface area contributed by atoms with Gasteiger partial charge in [0, 0.05) is 27.5 Å².